The van der Waals surface area contributed by atoms with Gasteiger partial charge in [-0.1, -0.05) is 0 Å². The molecule has 0 saturated carbocycles. The van der Waals surface area contributed by atoms with Crippen molar-refractivity contribution in [2.24, 2.45) is 0 Å². The van der Waals surface area contributed by atoms with Crippen LogP contribution in [0.3, 0.4) is 0 Å². The second kappa shape index (κ2) is 6.49. The summed E-state index contributed by atoms with van der Waals surface area (Å²) in [6.07, 6.45) is 0.629. The van der Waals surface area contributed by atoms with Crippen molar-refractivity contribution in [2.75, 3.05) is 13.1 Å². The second-order valence-electron chi connectivity index (χ2n) is 6.56. The first-order chi connectivity index (χ1) is 11.0. The maximum Gasteiger partial charge on any atom is 0.408 e. The van der Waals surface area contributed by atoms with Crippen LogP contribution >= 0.6 is 15.9 Å². The van der Waals surface area contributed by atoms with E-state index in [0.717, 1.165) is 0 Å². The first-order valence-corrected chi connectivity index (χ1v) is 9.59. The Bertz CT molecular complexity index is 791. The van der Waals surface area contributed by atoms with Gasteiger partial charge >= 0.3 is 6.09 Å². The van der Waals surface area contributed by atoms with Crippen molar-refractivity contribution in [3.05, 3.63) is 27.1 Å². The van der Waals surface area contributed by atoms with E-state index in [1.54, 1.807) is 20.8 Å². The van der Waals surface area contributed by atoms with Gasteiger partial charge in [0.1, 0.15) is 10.5 Å². The Balaban J connectivity index is 2.44. The normalized spacial score (nSPS) is 21.5. The fourth-order valence-electron chi connectivity index (χ4n) is 2.41. The fourth-order valence-corrected chi connectivity index (χ4v) is 4.79. The Morgan fingerprint density at radius 3 is 2.62 bits per heavy atom. The molecule has 2 heterocycles. The average Bonchev–Trinajstić information content (AvgIpc) is 2.89. The molecule has 0 unspecified atom stereocenters. The second-order valence-corrected chi connectivity index (χ2v) is 9.71. The number of nitrogens with one attached hydrogen (secondary N) is 3. The number of aromatic amines is 1. The Kier molecular flexibility index (Phi) is 5.12. The number of alkyl carbamates (subject to hydrolysis) is 1. The lowest BCUT2D eigenvalue weighted by atomic mass is 10.2. The number of hydrogen-bond acceptors (Lipinski definition) is 6. The monoisotopic (exact) mass is 421 g/mol. The van der Waals surface area contributed by atoms with Crippen LogP contribution in [0.2, 0.25) is 0 Å². The Morgan fingerprint density at radius 1 is 1.42 bits per heavy atom. The van der Waals surface area contributed by atoms with Gasteiger partial charge < -0.3 is 20.4 Å². The highest BCUT2D eigenvalue weighted by molar-refractivity contribution is 9.10. The van der Waals surface area contributed by atoms with Gasteiger partial charge in [0, 0.05) is 17.2 Å². The molecule has 1 aromatic rings. The number of halogens is 1. The summed E-state index contributed by atoms with van der Waals surface area (Å²) in [5, 5.41) is 5.37. The topological polar surface area (TPSA) is 117 Å². The van der Waals surface area contributed by atoms with Crippen molar-refractivity contribution in [1.82, 2.24) is 15.6 Å². The van der Waals surface area contributed by atoms with E-state index < -0.39 is 36.9 Å². The van der Waals surface area contributed by atoms with Crippen LogP contribution in [-0.2, 0) is 14.6 Å². The molecule has 1 atom stereocenters. The predicted molar refractivity (Wildman–Crippen MR) is 91.5 cm³/mol. The standard InChI is InChI=1S/C14H20BrN3O5S/c1-13(2,3)23-12(20)18-14(4-5-16-8-14)24(21,22)10-6-9(15)7-17-11(10)19/h6-7,16H,4-5,8H2,1-3H3,(H,17,19)(H,18,20)/t14-/m0/s1. The number of pyridine rings is 1. The molecule has 0 spiro atoms. The van der Waals surface area contributed by atoms with Gasteiger partial charge in [0.15, 0.2) is 4.87 Å². The number of sulfone groups is 1. The van der Waals surface area contributed by atoms with E-state index in [1.165, 1.54) is 12.3 Å². The fraction of sp³-hybridized carbons (Fsp3) is 0.571. The molecule has 0 aromatic carbocycles. The van der Waals surface area contributed by atoms with E-state index in [1.807, 2.05) is 0 Å². The molecule has 134 valence electrons. The summed E-state index contributed by atoms with van der Waals surface area (Å²) in [6, 6.07) is 1.23. The van der Waals surface area contributed by atoms with Gasteiger partial charge in [-0.3, -0.25) is 4.79 Å². The van der Waals surface area contributed by atoms with Crippen molar-refractivity contribution in [3.8, 4) is 0 Å². The lowest BCUT2D eigenvalue weighted by Crippen LogP contribution is -2.57. The molecule has 10 heteroatoms. The quantitative estimate of drug-likeness (QED) is 0.672. The number of hydrogen-bond donors (Lipinski definition) is 3. The van der Waals surface area contributed by atoms with Crippen LogP contribution in [0.5, 0.6) is 0 Å². The molecule has 24 heavy (non-hydrogen) atoms. The van der Waals surface area contributed by atoms with Crippen LogP contribution in [0.4, 0.5) is 4.79 Å². The first kappa shape index (κ1) is 18.9. The SMILES string of the molecule is CC(C)(C)OC(=O)N[C@]1(S(=O)(=O)c2cc(Br)c[nH]c2=O)CCNC1. The van der Waals surface area contributed by atoms with Crippen LogP contribution in [0.15, 0.2) is 26.4 Å². The van der Waals surface area contributed by atoms with E-state index in [9.17, 15) is 18.0 Å². The third-order valence-corrected chi connectivity index (χ3v) is 6.30. The number of rotatable bonds is 3. The summed E-state index contributed by atoms with van der Waals surface area (Å²) in [5.41, 5.74) is -1.51. The van der Waals surface area contributed by atoms with Crippen molar-refractivity contribution in [2.45, 2.75) is 42.6 Å². The van der Waals surface area contributed by atoms with E-state index in [0.29, 0.717) is 11.0 Å². The van der Waals surface area contributed by atoms with Crippen LogP contribution < -0.4 is 16.2 Å². The van der Waals surface area contributed by atoms with Gasteiger partial charge in [-0.2, -0.15) is 0 Å². The van der Waals surface area contributed by atoms with Gasteiger partial charge in [0.05, 0.1) is 0 Å². The van der Waals surface area contributed by atoms with E-state index in [2.05, 4.69) is 31.5 Å². The third kappa shape index (κ3) is 3.81. The van der Waals surface area contributed by atoms with Crippen LogP contribution in [0.25, 0.3) is 0 Å². The molecular weight excluding hydrogens is 402 g/mol. The number of ether oxygens (including phenoxy) is 1. The highest BCUT2D eigenvalue weighted by Gasteiger charge is 2.50. The predicted octanol–water partition coefficient (Wildman–Crippen LogP) is 1.13. The minimum Gasteiger partial charge on any atom is -0.444 e. The molecule has 3 N–H and O–H groups in total. The van der Waals surface area contributed by atoms with Crippen molar-refractivity contribution < 1.29 is 17.9 Å². The zero-order valence-corrected chi connectivity index (χ0v) is 16.0. The largest absolute Gasteiger partial charge is 0.444 e. The molecule has 0 bridgehead atoms. The Hall–Kier alpha value is -1.39. The van der Waals surface area contributed by atoms with E-state index in [4.69, 9.17) is 4.74 Å². The van der Waals surface area contributed by atoms with Crippen molar-refractivity contribution in [1.29, 1.82) is 0 Å². The number of aromatic nitrogens is 1. The molecule has 1 saturated heterocycles. The first-order valence-electron chi connectivity index (χ1n) is 7.32. The molecule has 2 rings (SSSR count). The molecule has 0 radical (unpaired) electrons. The summed E-state index contributed by atoms with van der Waals surface area (Å²) >= 11 is 3.14. The lowest BCUT2D eigenvalue weighted by molar-refractivity contribution is 0.0494. The van der Waals surface area contributed by atoms with Crippen molar-refractivity contribution in [3.63, 3.8) is 0 Å². The van der Waals surface area contributed by atoms with Gasteiger partial charge in [0.2, 0.25) is 9.84 Å². The molecule has 1 aliphatic heterocycles. The summed E-state index contributed by atoms with van der Waals surface area (Å²) in [6.45, 7) is 5.42. The number of carbonyl (C=O) groups is 1. The van der Waals surface area contributed by atoms with E-state index in [-0.39, 0.29) is 13.0 Å². The lowest BCUT2D eigenvalue weighted by Gasteiger charge is -2.30. The van der Waals surface area contributed by atoms with Crippen molar-refractivity contribution >= 4 is 31.9 Å². The molecule has 8 nitrogen and oxygen atoms in total. The Labute approximate surface area is 148 Å². The minimum absolute atomic E-state index is 0.0134. The molecule has 1 aliphatic rings. The molecule has 0 aliphatic carbocycles. The highest BCUT2D eigenvalue weighted by Crippen LogP contribution is 2.29. The number of carbonyl (C=O) groups excluding carboxylic acids is 1. The molecular formula is C14H20BrN3O5S. The summed E-state index contributed by atoms with van der Waals surface area (Å²) < 4.78 is 31.7. The van der Waals surface area contributed by atoms with Gasteiger partial charge in [-0.15, -0.1) is 0 Å². The molecule has 1 fully saturated rings. The highest BCUT2D eigenvalue weighted by atomic mass is 79.9. The van der Waals surface area contributed by atoms with Gasteiger partial charge in [-0.25, -0.2) is 13.2 Å². The van der Waals surface area contributed by atoms with Crippen LogP contribution in [-0.4, -0.2) is 43.1 Å². The maximum atomic E-state index is 13.1. The van der Waals surface area contributed by atoms with Crippen LogP contribution in [0.1, 0.15) is 27.2 Å². The summed E-state index contributed by atoms with van der Waals surface area (Å²) in [5.74, 6) is 0. The zero-order valence-electron chi connectivity index (χ0n) is 13.6. The molecule has 1 amide bonds. The average molecular weight is 422 g/mol. The molecule has 1 aromatic heterocycles. The maximum absolute atomic E-state index is 13.1. The number of H-pyrrole nitrogens is 1. The van der Waals surface area contributed by atoms with Crippen LogP contribution in [0, 0.1) is 0 Å². The summed E-state index contributed by atoms with van der Waals surface area (Å²) in [7, 11) is -4.15. The summed E-state index contributed by atoms with van der Waals surface area (Å²) in [4.78, 5) is 24.5. The third-order valence-electron chi connectivity index (χ3n) is 3.48. The van der Waals surface area contributed by atoms with E-state index >= 15 is 0 Å². The Morgan fingerprint density at radius 2 is 2.08 bits per heavy atom. The van der Waals surface area contributed by atoms with Gasteiger partial charge in [0.25, 0.3) is 5.56 Å². The number of amides is 1. The smallest absolute Gasteiger partial charge is 0.408 e. The zero-order chi connectivity index (χ0) is 18.2. The minimum atomic E-state index is -4.15. The van der Waals surface area contributed by atoms with Gasteiger partial charge in [-0.05, 0) is 55.7 Å².